The number of hydrogen-bond acceptors (Lipinski definition) is 7. The molecule has 0 unspecified atom stereocenters. The molecule has 0 spiro atoms. The van der Waals surface area contributed by atoms with E-state index in [9.17, 15) is 4.79 Å². The van der Waals surface area contributed by atoms with E-state index in [0.717, 1.165) is 70.4 Å². The Morgan fingerprint density at radius 3 is 1.34 bits per heavy atom. The van der Waals surface area contributed by atoms with Gasteiger partial charge in [0, 0.05) is 70.6 Å². The lowest BCUT2D eigenvalue weighted by atomic mass is 10.1. The van der Waals surface area contributed by atoms with Gasteiger partial charge in [-0.2, -0.15) is 0 Å². The highest BCUT2D eigenvalue weighted by Crippen LogP contribution is 2.31. The molecule has 0 saturated heterocycles. The van der Waals surface area contributed by atoms with Crippen LogP contribution in [0.4, 0.5) is 11.4 Å². The first kappa shape index (κ1) is 47.7. The molecule has 4 aromatic carbocycles. The fourth-order valence-corrected chi connectivity index (χ4v) is 8.17. The monoisotopic (exact) mass is 866 g/mol. The van der Waals surface area contributed by atoms with Gasteiger partial charge in [-0.1, -0.05) is 120 Å². The molecule has 0 aliphatic heterocycles. The lowest BCUT2D eigenvalue weighted by Crippen LogP contribution is -2.25. The van der Waals surface area contributed by atoms with Crippen molar-refractivity contribution in [1.82, 2.24) is 0 Å². The second-order valence-corrected chi connectivity index (χ2v) is 17.5. The van der Waals surface area contributed by atoms with E-state index in [2.05, 4.69) is 146 Å². The van der Waals surface area contributed by atoms with Crippen LogP contribution in [0.5, 0.6) is 11.5 Å². The number of ether oxygens (including phenoxy) is 2. The molecule has 62 heavy (non-hydrogen) atoms. The summed E-state index contributed by atoms with van der Waals surface area (Å²) in [6.45, 7) is 14.4. The first-order valence-corrected chi connectivity index (χ1v) is 24.3. The molecule has 0 N–H and O–H groups in total. The molecule has 0 fully saturated rings. The van der Waals surface area contributed by atoms with Crippen molar-refractivity contribution in [2.75, 3.05) is 36.0 Å². The molecule has 2 heterocycles. The fourth-order valence-electron chi connectivity index (χ4n) is 6.82. The normalized spacial score (nSPS) is 11.1. The summed E-state index contributed by atoms with van der Waals surface area (Å²) in [5.41, 5.74) is 6.96. The number of unbranched alkanes of at least 4 members (excludes halogenated alkanes) is 4. The van der Waals surface area contributed by atoms with Crippen LogP contribution in [0.25, 0.3) is 24.3 Å². The van der Waals surface area contributed by atoms with E-state index < -0.39 is 0 Å². The Kier molecular flexibility index (Phi) is 21.2. The number of aldehydes is 1. The van der Waals surface area contributed by atoms with Crippen LogP contribution in [0.2, 0.25) is 0 Å². The SMILES string of the molecule is CCCCN(CCCC)c1ccc(/C=C/c2ccc(C=O)s2)c(OCc2ccccc2)c1.CCCCN(CCCC)c1ccc(C=Cc2cccs2)c(OCc2ccccc2)c1. The van der Waals surface area contributed by atoms with E-state index in [1.807, 2.05) is 42.5 Å². The minimum absolute atomic E-state index is 0.531. The van der Waals surface area contributed by atoms with Crippen molar-refractivity contribution in [3.8, 4) is 11.5 Å². The molecule has 6 rings (SSSR count). The molecule has 0 aliphatic rings. The van der Waals surface area contributed by atoms with Crippen molar-refractivity contribution >= 4 is 64.6 Å². The third-order valence-corrected chi connectivity index (χ3v) is 12.3. The highest BCUT2D eigenvalue weighted by molar-refractivity contribution is 7.14. The van der Waals surface area contributed by atoms with Crippen molar-refractivity contribution in [2.45, 2.75) is 92.3 Å². The summed E-state index contributed by atoms with van der Waals surface area (Å²) in [4.78, 5) is 19.0. The minimum atomic E-state index is 0.531. The van der Waals surface area contributed by atoms with Gasteiger partial charge in [-0.3, -0.25) is 4.79 Å². The Morgan fingerprint density at radius 1 is 0.484 bits per heavy atom. The summed E-state index contributed by atoms with van der Waals surface area (Å²) >= 11 is 3.24. The van der Waals surface area contributed by atoms with Gasteiger partial charge in [-0.15, -0.1) is 22.7 Å². The lowest BCUT2D eigenvalue weighted by Gasteiger charge is -2.25. The Morgan fingerprint density at radius 2 is 0.935 bits per heavy atom. The number of benzene rings is 4. The van der Waals surface area contributed by atoms with E-state index in [-0.39, 0.29) is 0 Å². The van der Waals surface area contributed by atoms with Gasteiger partial charge in [0.1, 0.15) is 24.7 Å². The van der Waals surface area contributed by atoms with Crippen LogP contribution in [0, 0.1) is 0 Å². The third-order valence-electron chi connectivity index (χ3n) is 10.5. The summed E-state index contributed by atoms with van der Waals surface area (Å²) in [6, 6.07) is 41.9. The van der Waals surface area contributed by atoms with E-state index in [1.54, 1.807) is 11.3 Å². The Labute approximate surface area is 380 Å². The topological polar surface area (TPSA) is 42.0 Å². The predicted octanol–water partition coefficient (Wildman–Crippen LogP) is 15.6. The summed E-state index contributed by atoms with van der Waals surface area (Å²) in [6.07, 6.45) is 18.9. The number of hydrogen-bond donors (Lipinski definition) is 0. The molecule has 6 aromatic rings. The summed E-state index contributed by atoms with van der Waals surface area (Å²) in [7, 11) is 0. The molecular weight excluding hydrogens is 801 g/mol. The van der Waals surface area contributed by atoms with Crippen LogP contribution in [0.15, 0.2) is 127 Å². The number of carbonyl (C=O) groups excluding carboxylic acids is 1. The molecular formula is C55H66N2O3S2. The number of anilines is 2. The molecule has 326 valence electrons. The van der Waals surface area contributed by atoms with Gasteiger partial charge in [0.05, 0.1) is 4.88 Å². The van der Waals surface area contributed by atoms with Gasteiger partial charge in [0.15, 0.2) is 6.29 Å². The number of thiophene rings is 2. The summed E-state index contributed by atoms with van der Waals surface area (Å²) < 4.78 is 12.6. The van der Waals surface area contributed by atoms with Crippen LogP contribution >= 0.6 is 22.7 Å². The van der Waals surface area contributed by atoms with Gasteiger partial charge in [0.2, 0.25) is 0 Å². The smallest absolute Gasteiger partial charge is 0.160 e. The van der Waals surface area contributed by atoms with Crippen LogP contribution in [0.1, 0.15) is 121 Å². The summed E-state index contributed by atoms with van der Waals surface area (Å²) in [5.74, 6) is 1.83. The van der Waals surface area contributed by atoms with Crippen molar-refractivity contribution in [3.63, 3.8) is 0 Å². The minimum Gasteiger partial charge on any atom is -0.488 e. The molecule has 2 aromatic heterocycles. The van der Waals surface area contributed by atoms with Gasteiger partial charge < -0.3 is 19.3 Å². The molecule has 0 saturated carbocycles. The van der Waals surface area contributed by atoms with E-state index in [0.29, 0.717) is 13.2 Å². The molecule has 0 radical (unpaired) electrons. The first-order chi connectivity index (χ1) is 30.5. The van der Waals surface area contributed by atoms with Crippen LogP contribution in [0.3, 0.4) is 0 Å². The molecule has 0 aliphatic carbocycles. The third kappa shape index (κ3) is 16.2. The average molecular weight is 867 g/mol. The Balaban J connectivity index is 0.000000235. The van der Waals surface area contributed by atoms with Crippen LogP contribution < -0.4 is 19.3 Å². The second kappa shape index (κ2) is 27.5. The summed E-state index contributed by atoms with van der Waals surface area (Å²) in [5, 5.41) is 2.11. The van der Waals surface area contributed by atoms with Crippen molar-refractivity contribution < 1.29 is 14.3 Å². The van der Waals surface area contributed by atoms with Gasteiger partial charge >= 0.3 is 0 Å². The lowest BCUT2D eigenvalue weighted by molar-refractivity contribution is 0.112. The van der Waals surface area contributed by atoms with Crippen LogP contribution in [-0.2, 0) is 13.2 Å². The largest absolute Gasteiger partial charge is 0.488 e. The Hall–Kier alpha value is -5.37. The number of nitrogens with zero attached hydrogens (tertiary/aromatic N) is 2. The Bertz CT molecular complexity index is 2180. The fraction of sp³-hybridized carbons (Fsp3) is 0.327. The molecule has 0 atom stereocenters. The van der Waals surface area contributed by atoms with Gasteiger partial charge in [0.25, 0.3) is 0 Å². The van der Waals surface area contributed by atoms with E-state index >= 15 is 0 Å². The zero-order valence-corrected chi connectivity index (χ0v) is 39.0. The number of carbonyl (C=O) groups is 1. The molecule has 0 bridgehead atoms. The molecule has 0 amide bonds. The zero-order chi connectivity index (χ0) is 43.6. The van der Waals surface area contributed by atoms with Crippen LogP contribution in [-0.4, -0.2) is 32.5 Å². The molecule has 7 heteroatoms. The van der Waals surface area contributed by atoms with E-state index in [4.69, 9.17) is 9.47 Å². The van der Waals surface area contributed by atoms with Gasteiger partial charge in [-0.25, -0.2) is 0 Å². The highest BCUT2D eigenvalue weighted by atomic mass is 32.1. The van der Waals surface area contributed by atoms with E-state index in [1.165, 1.54) is 84.5 Å². The maximum absolute atomic E-state index is 11.0. The van der Waals surface area contributed by atoms with Gasteiger partial charge in [-0.05, 0) is 109 Å². The zero-order valence-electron chi connectivity index (χ0n) is 37.3. The van der Waals surface area contributed by atoms with Crippen molar-refractivity contribution in [2.24, 2.45) is 0 Å². The standard InChI is InChI=1S/C28H33NO2S.C27H33NOS/c1-3-5-18-29(19-6-4-2)25-14-12-24(13-15-26-16-17-27(21-30)32-26)28(20-25)31-22-23-10-8-7-9-11-23;1-3-5-18-28(19-6-4-2)25-16-14-24(15-17-26-13-10-20-30-26)27(21-25)29-22-23-11-8-7-9-12-23/h7-17,20-21H,3-6,18-19,22H2,1-2H3;7-17,20-21H,3-6,18-19,22H2,1-2H3/b15-13+;. The van der Waals surface area contributed by atoms with Crippen molar-refractivity contribution in [1.29, 1.82) is 0 Å². The van der Waals surface area contributed by atoms with Crippen molar-refractivity contribution in [3.05, 3.63) is 164 Å². The maximum Gasteiger partial charge on any atom is 0.160 e. The first-order valence-electron chi connectivity index (χ1n) is 22.6. The second-order valence-electron chi connectivity index (χ2n) is 15.4. The number of rotatable bonds is 25. The maximum atomic E-state index is 11.0. The predicted molar refractivity (Wildman–Crippen MR) is 270 cm³/mol. The molecule has 5 nitrogen and oxygen atoms in total. The average Bonchev–Trinajstić information content (AvgIpc) is 4.03. The quantitative estimate of drug-likeness (QED) is 0.0536. The highest BCUT2D eigenvalue weighted by Gasteiger charge is 2.12.